The van der Waals surface area contributed by atoms with Crippen LogP contribution in [0.25, 0.3) is 5.69 Å². The standard InChI is InChI=1S/C15H17N3O2/c1-10-9-14(16-15(19)11-3-4-11)18(17-10)12-5-7-13(20-2)8-6-12/h5-9,11H,3-4H2,1-2H3,(H,16,19). The lowest BCUT2D eigenvalue weighted by Crippen LogP contribution is -2.16. The molecule has 0 atom stereocenters. The van der Waals surface area contributed by atoms with Gasteiger partial charge in [0.25, 0.3) is 0 Å². The van der Waals surface area contributed by atoms with E-state index in [2.05, 4.69) is 10.4 Å². The number of hydrogen-bond acceptors (Lipinski definition) is 3. The van der Waals surface area contributed by atoms with E-state index in [9.17, 15) is 4.79 Å². The number of aryl methyl sites for hydroxylation is 1. The molecule has 0 radical (unpaired) electrons. The van der Waals surface area contributed by atoms with Gasteiger partial charge in [0.05, 0.1) is 18.5 Å². The molecule has 3 rings (SSSR count). The topological polar surface area (TPSA) is 56.1 Å². The molecule has 5 nitrogen and oxygen atoms in total. The summed E-state index contributed by atoms with van der Waals surface area (Å²) in [6.07, 6.45) is 1.98. The molecule has 1 fully saturated rings. The average Bonchev–Trinajstić information content (AvgIpc) is 3.24. The largest absolute Gasteiger partial charge is 0.497 e. The Bertz CT molecular complexity index is 627. The van der Waals surface area contributed by atoms with Crippen molar-refractivity contribution in [1.82, 2.24) is 9.78 Å². The highest BCUT2D eigenvalue weighted by atomic mass is 16.5. The SMILES string of the molecule is COc1ccc(-n2nc(C)cc2NC(=O)C2CC2)cc1. The van der Waals surface area contributed by atoms with E-state index in [1.807, 2.05) is 37.3 Å². The Kier molecular flexibility index (Phi) is 3.18. The molecular weight excluding hydrogens is 254 g/mol. The van der Waals surface area contributed by atoms with Gasteiger partial charge in [0.15, 0.2) is 0 Å². The van der Waals surface area contributed by atoms with Gasteiger partial charge >= 0.3 is 0 Å². The summed E-state index contributed by atoms with van der Waals surface area (Å²) in [6, 6.07) is 9.46. The van der Waals surface area contributed by atoms with Gasteiger partial charge in [0.2, 0.25) is 5.91 Å². The lowest BCUT2D eigenvalue weighted by atomic mass is 10.3. The third-order valence-electron chi connectivity index (χ3n) is 3.35. The summed E-state index contributed by atoms with van der Waals surface area (Å²) in [7, 11) is 1.63. The lowest BCUT2D eigenvalue weighted by Gasteiger charge is -2.09. The van der Waals surface area contributed by atoms with E-state index in [-0.39, 0.29) is 11.8 Å². The predicted octanol–water partition coefficient (Wildman–Crippen LogP) is 2.54. The molecule has 2 aromatic rings. The number of ether oxygens (including phenoxy) is 1. The van der Waals surface area contributed by atoms with Crippen LogP contribution in [0.2, 0.25) is 0 Å². The van der Waals surface area contributed by atoms with Gasteiger partial charge in [-0.25, -0.2) is 4.68 Å². The second kappa shape index (κ2) is 5.00. The van der Waals surface area contributed by atoms with Gasteiger partial charge in [-0.05, 0) is 44.0 Å². The van der Waals surface area contributed by atoms with Crippen molar-refractivity contribution in [2.75, 3.05) is 12.4 Å². The van der Waals surface area contributed by atoms with Crippen LogP contribution in [0, 0.1) is 12.8 Å². The molecule has 1 amide bonds. The van der Waals surface area contributed by atoms with Crippen LogP contribution in [-0.2, 0) is 4.79 Å². The van der Waals surface area contributed by atoms with Crippen LogP contribution in [-0.4, -0.2) is 22.8 Å². The van der Waals surface area contributed by atoms with Crippen molar-refractivity contribution < 1.29 is 9.53 Å². The van der Waals surface area contributed by atoms with Gasteiger partial charge < -0.3 is 10.1 Å². The number of rotatable bonds is 4. The third-order valence-corrected chi connectivity index (χ3v) is 3.35. The summed E-state index contributed by atoms with van der Waals surface area (Å²) in [5.74, 6) is 1.76. The minimum absolute atomic E-state index is 0.0830. The van der Waals surface area contributed by atoms with Crippen LogP contribution < -0.4 is 10.1 Å². The summed E-state index contributed by atoms with van der Waals surface area (Å²) >= 11 is 0. The lowest BCUT2D eigenvalue weighted by molar-refractivity contribution is -0.117. The smallest absolute Gasteiger partial charge is 0.228 e. The zero-order valence-corrected chi connectivity index (χ0v) is 11.6. The maximum Gasteiger partial charge on any atom is 0.228 e. The van der Waals surface area contributed by atoms with Crippen LogP contribution in [0.5, 0.6) is 5.75 Å². The van der Waals surface area contributed by atoms with Crippen LogP contribution in [0.4, 0.5) is 5.82 Å². The van der Waals surface area contributed by atoms with Gasteiger partial charge in [-0.2, -0.15) is 5.10 Å². The molecule has 0 unspecified atom stereocenters. The first-order chi connectivity index (χ1) is 9.67. The molecule has 1 aromatic carbocycles. The van der Waals surface area contributed by atoms with E-state index in [0.29, 0.717) is 5.82 Å². The Balaban J connectivity index is 1.89. The number of methoxy groups -OCH3 is 1. The average molecular weight is 271 g/mol. The molecule has 1 heterocycles. The number of carbonyl (C=O) groups is 1. The fourth-order valence-electron chi connectivity index (χ4n) is 2.08. The zero-order valence-electron chi connectivity index (χ0n) is 11.6. The van der Waals surface area contributed by atoms with Crippen molar-refractivity contribution in [3.05, 3.63) is 36.0 Å². The van der Waals surface area contributed by atoms with Crippen LogP contribution in [0.1, 0.15) is 18.5 Å². The number of anilines is 1. The highest BCUT2D eigenvalue weighted by Gasteiger charge is 2.30. The van der Waals surface area contributed by atoms with E-state index in [1.165, 1.54) is 0 Å². The number of aromatic nitrogens is 2. The molecule has 0 aliphatic heterocycles. The molecule has 1 aromatic heterocycles. The number of carbonyl (C=O) groups excluding carboxylic acids is 1. The second-order valence-electron chi connectivity index (χ2n) is 5.04. The molecule has 20 heavy (non-hydrogen) atoms. The van der Waals surface area contributed by atoms with Gasteiger partial charge in [0.1, 0.15) is 11.6 Å². The first kappa shape index (κ1) is 12.7. The number of nitrogens with zero attached hydrogens (tertiary/aromatic N) is 2. The van der Waals surface area contributed by atoms with Crippen molar-refractivity contribution >= 4 is 11.7 Å². The van der Waals surface area contributed by atoms with E-state index in [4.69, 9.17) is 4.74 Å². The Hall–Kier alpha value is -2.30. The number of amides is 1. The first-order valence-electron chi connectivity index (χ1n) is 6.69. The normalized spacial score (nSPS) is 14.1. The van der Waals surface area contributed by atoms with Crippen molar-refractivity contribution in [2.24, 2.45) is 5.92 Å². The molecule has 1 saturated carbocycles. The van der Waals surface area contributed by atoms with Crippen molar-refractivity contribution in [3.8, 4) is 11.4 Å². The summed E-state index contributed by atoms with van der Waals surface area (Å²) in [5, 5.41) is 7.38. The van der Waals surface area contributed by atoms with E-state index >= 15 is 0 Å². The molecule has 104 valence electrons. The number of hydrogen-bond donors (Lipinski definition) is 1. The molecule has 0 spiro atoms. The van der Waals surface area contributed by atoms with Crippen molar-refractivity contribution in [1.29, 1.82) is 0 Å². The maximum absolute atomic E-state index is 11.9. The van der Waals surface area contributed by atoms with E-state index < -0.39 is 0 Å². The fourth-order valence-corrected chi connectivity index (χ4v) is 2.08. The minimum Gasteiger partial charge on any atom is -0.497 e. The summed E-state index contributed by atoms with van der Waals surface area (Å²) in [5.41, 5.74) is 1.76. The molecule has 0 bridgehead atoms. The molecule has 1 aliphatic carbocycles. The third kappa shape index (κ3) is 2.52. The Morgan fingerprint density at radius 3 is 2.65 bits per heavy atom. The Morgan fingerprint density at radius 1 is 1.35 bits per heavy atom. The number of benzene rings is 1. The molecule has 1 N–H and O–H groups in total. The fraction of sp³-hybridized carbons (Fsp3) is 0.333. The van der Waals surface area contributed by atoms with Gasteiger partial charge in [-0.15, -0.1) is 0 Å². The van der Waals surface area contributed by atoms with Crippen LogP contribution >= 0.6 is 0 Å². The molecule has 5 heteroatoms. The Morgan fingerprint density at radius 2 is 2.05 bits per heavy atom. The van der Waals surface area contributed by atoms with Gasteiger partial charge in [0, 0.05) is 12.0 Å². The van der Waals surface area contributed by atoms with Crippen molar-refractivity contribution in [2.45, 2.75) is 19.8 Å². The van der Waals surface area contributed by atoms with E-state index in [0.717, 1.165) is 30.0 Å². The first-order valence-corrected chi connectivity index (χ1v) is 6.69. The predicted molar refractivity (Wildman–Crippen MR) is 76.2 cm³/mol. The van der Waals surface area contributed by atoms with Gasteiger partial charge in [-0.3, -0.25) is 4.79 Å². The monoisotopic (exact) mass is 271 g/mol. The summed E-state index contributed by atoms with van der Waals surface area (Å²) < 4.78 is 6.89. The minimum atomic E-state index is 0.0830. The highest BCUT2D eigenvalue weighted by Crippen LogP contribution is 2.30. The summed E-state index contributed by atoms with van der Waals surface area (Å²) in [4.78, 5) is 11.9. The van der Waals surface area contributed by atoms with Gasteiger partial charge in [-0.1, -0.05) is 0 Å². The summed E-state index contributed by atoms with van der Waals surface area (Å²) in [6.45, 7) is 1.91. The highest BCUT2D eigenvalue weighted by molar-refractivity contribution is 5.93. The maximum atomic E-state index is 11.9. The Labute approximate surface area is 117 Å². The molecule has 1 aliphatic rings. The quantitative estimate of drug-likeness (QED) is 0.929. The molecular formula is C15H17N3O2. The van der Waals surface area contributed by atoms with E-state index in [1.54, 1.807) is 11.8 Å². The van der Waals surface area contributed by atoms with Crippen molar-refractivity contribution in [3.63, 3.8) is 0 Å². The van der Waals surface area contributed by atoms with Crippen LogP contribution in [0.3, 0.4) is 0 Å². The zero-order chi connectivity index (χ0) is 14.1. The number of nitrogens with one attached hydrogen (secondary N) is 1. The second-order valence-corrected chi connectivity index (χ2v) is 5.04. The molecule has 0 saturated heterocycles. The van der Waals surface area contributed by atoms with Crippen LogP contribution in [0.15, 0.2) is 30.3 Å².